The Kier molecular flexibility index (Phi) is 3.96. The second-order valence-corrected chi connectivity index (χ2v) is 7.23. The van der Waals surface area contributed by atoms with Crippen LogP contribution < -0.4 is 5.73 Å². The molecule has 1 atom stereocenters. The quantitative estimate of drug-likeness (QED) is 0.888. The van der Waals surface area contributed by atoms with Crippen LogP contribution >= 0.6 is 0 Å². The summed E-state index contributed by atoms with van der Waals surface area (Å²) < 4.78 is 13.1. The highest BCUT2D eigenvalue weighted by atomic mass is 19.1. The molecule has 2 nitrogen and oxygen atoms in total. The van der Waals surface area contributed by atoms with Crippen LogP contribution in [0.15, 0.2) is 24.3 Å². The summed E-state index contributed by atoms with van der Waals surface area (Å²) in [5.74, 6) is -0.281. The Balaban J connectivity index is 2.32. The molecule has 1 aromatic carbocycles. The zero-order valence-corrected chi connectivity index (χ0v) is 12.7. The highest BCUT2D eigenvalue weighted by Crippen LogP contribution is 2.53. The van der Waals surface area contributed by atoms with Crippen molar-refractivity contribution in [3.8, 4) is 0 Å². The largest absolute Gasteiger partial charge is 0.385 e. The topological polar surface area (TPSA) is 46.2 Å². The lowest BCUT2D eigenvalue weighted by Gasteiger charge is -2.51. The fraction of sp³-hybridized carbons (Fsp3) is 0.647. The predicted molar refractivity (Wildman–Crippen MR) is 79.7 cm³/mol. The molecule has 0 amide bonds. The van der Waals surface area contributed by atoms with Gasteiger partial charge in [0.25, 0.3) is 0 Å². The minimum absolute atomic E-state index is 0.281. The van der Waals surface area contributed by atoms with Crippen molar-refractivity contribution >= 4 is 0 Å². The van der Waals surface area contributed by atoms with Crippen LogP contribution in [-0.2, 0) is 5.60 Å². The van der Waals surface area contributed by atoms with E-state index in [4.69, 9.17) is 5.73 Å². The summed E-state index contributed by atoms with van der Waals surface area (Å²) in [6.07, 6.45) is 3.92. The number of aliphatic hydroxyl groups is 1. The van der Waals surface area contributed by atoms with Gasteiger partial charge < -0.3 is 10.8 Å². The van der Waals surface area contributed by atoms with Gasteiger partial charge in [-0.3, -0.25) is 0 Å². The molecule has 0 bridgehead atoms. The Morgan fingerprint density at radius 2 is 1.65 bits per heavy atom. The summed E-state index contributed by atoms with van der Waals surface area (Å²) in [6, 6.07) is 6.15. The normalized spacial score (nSPS) is 24.1. The molecule has 0 radical (unpaired) electrons. The van der Waals surface area contributed by atoms with Crippen LogP contribution in [0.3, 0.4) is 0 Å². The van der Waals surface area contributed by atoms with Gasteiger partial charge in [0.1, 0.15) is 5.82 Å². The maximum atomic E-state index is 13.1. The fourth-order valence-corrected chi connectivity index (χ4v) is 3.38. The average Bonchev–Trinajstić information content (AvgIpc) is 2.39. The van der Waals surface area contributed by atoms with Gasteiger partial charge in [-0.1, -0.05) is 26.0 Å². The van der Waals surface area contributed by atoms with Crippen LogP contribution in [0.1, 0.15) is 52.0 Å². The fourth-order valence-electron chi connectivity index (χ4n) is 3.38. The molecular weight excluding hydrogens is 253 g/mol. The number of hydrogen-bond acceptors (Lipinski definition) is 2. The standard InChI is InChI=1S/C17H26FNO/c1-15(2)8-10-17(12-19,11-9-15)16(3,20)13-4-6-14(18)7-5-13/h4-7,20H,8-12,19H2,1-3H3. The molecule has 1 fully saturated rings. The molecule has 1 aromatic rings. The summed E-state index contributed by atoms with van der Waals surface area (Å²) in [5, 5.41) is 11.1. The molecule has 3 heteroatoms. The Hall–Kier alpha value is -0.930. The average molecular weight is 279 g/mol. The summed E-state index contributed by atoms with van der Waals surface area (Å²) in [5.41, 5.74) is 5.78. The first kappa shape index (κ1) is 15.5. The van der Waals surface area contributed by atoms with E-state index in [2.05, 4.69) is 13.8 Å². The maximum absolute atomic E-state index is 13.1. The number of benzene rings is 1. The van der Waals surface area contributed by atoms with Gasteiger partial charge in [-0.25, -0.2) is 4.39 Å². The Morgan fingerprint density at radius 1 is 1.15 bits per heavy atom. The minimum Gasteiger partial charge on any atom is -0.385 e. The van der Waals surface area contributed by atoms with E-state index >= 15 is 0 Å². The van der Waals surface area contributed by atoms with Crippen molar-refractivity contribution in [2.75, 3.05) is 6.54 Å². The van der Waals surface area contributed by atoms with Gasteiger partial charge in [0.2, 0.25) is 0 Å². The smallest absolute Gasteiger partial charge is 0.123 e. The molecule has 1 aliphatic carbocycles. The van der Waals surface area contributed by atoms with Gasteiger partial charge in [0.15, 0.2) is 0 Å². The van der Waals surface area contributed by atoms with Crippen molar-refractivity contribution in [2.45, 2.75) is 52.1 Å². The van der Waals surface area contributed by atoms with E-state index in [1.165, 1.54) is 12.1 Å². The van der Waals surface area contributed by atoms with E-state index in [1.54, 1.807) is 12.1 Å². The third-order valence-corrected chi connectivity index (χ3v) is 5.39. The van der Waals surface area contributed by atoms with E-state index in [0.29, 0.717) is 12.0 Å². The first-order valence-electron chi connectivity index (χ1n) is 7.41. The summed E-state index contributed by atoms with van der Waals surface area (Å²) in [7, 11) is 0. The molecule has 1 aliphatic rings. The number of rotatable bonds is 3. The van der Waals surface area contributed by atoms with Gasteiger partial charge in [0, 0.05) is 12.0 Å². The van der Waals surface area contributed by atoms with Crippen molar-refractivity contribution in [3.63, 3.8) is 0 Å². The number of nitrogens with two attached hydrogens (primary N) is 1. The zero-order chi connectivity index (χ0) is 15.0. The third kappa shape index (κ3) is 2.61. The third-order valence-electron chi connectivity index (χ3n) is 5.39. The number of halogens is 1. The van der Waals surface area contributed by atoms with Gasteiger partial charge >= 0.3 is 0 Å². The molecule has 20 heavy (non-hydrogen) atoms. The van der Waals surface area contributed by atoms with E-state index in [-0.39, 0.29) is 11.2 Å². The lowest BCUT2D eigenvalue weighted by atomic mass is 9.57. The van der Waals surface area contributed by atoms with Crippen molar-refractivity contribution in [1.82, 2.24) is 0 Å². The number of hydrogen-bond donors (Lipinski definition) is 2. The SMILES string of the molecule is CC1(C)CCC(CN)(C(C)(O)c2ccc(F)cc2)CC1. The molecule has 1 unspecified atom stereocenters. The molecule has 2 rings (SSSR count). The van der Waals surface area contributed by atoms with Crippen molar-refractivity contribution in [3.05, 3.63) is 35.6 Å². The Labute approximate surface area is 121 Å². The van der Waals surface area contributed by atoms with Gasteiger partial charge in [-0.2, -0.15) is 0 Å². The highest BCUT2D eigenvalue weighted by Gasteiger charge is 2.50. The second-order valence-electron chi connectivity index (χ2n) is 7.23. The van der Waals surface area contributed by atoms with E-state index < -0.39 is 5.60 Å². The monoisotopic (exact) mass is 279 g/mol. The van der Waals surface area contributed by atoms with Crippen molar-refractivity contribution < 1.29 is 9.50 Å². The molecule has 3 N–H and O–H groups in total. The molecule has 0 heterocycles. The van der Waals surface area contributed by atoms with E-state index in [1.807, 2.05) is 6.92 Å². The molecule has 0 aromatic heterocycles. The van der Waals surface area contributed by atoms with Crippen LogP contribution in [0.25, 0.3) is 0 Å². The van der Waals surface area contributed by atoms with E-state index in [0.717, 1.165) is 31.2 Å². The van der Waals surface area contributed by atoms with Crippen LogP contribution in [0.4, 0.5) is 4.39 Å². The van der Waals surface area contributed by atoms with Crippen LogP contribution in [0.5, 0.6) is 0 Å². The van der Waals surface area contributed by atoms with Gasteiger partial charge in [0.05, 0.1) is 5.60 Å². The van der Waals surface area contributed by atoms with Crippen LogP contribution in [0, 0.1) is 16.6 Å². The molecule has 0 spiro atoms. The lowest BCUT2D eigenvalue weighted by Crippen LogP contribution is -2.51. The highest BCUT2D eigenvalue weighted by molar-refractivity contribution is 5.26. The summed E-state index contributed by atoms with van der Waals surface area (Å²) in [4.78, 5) is 0. The summed E-state index contributed by atoms with van der Waals surface area (Å²) >= 11 is 0. The molecule has 1 saturated carbocycles. The summed E-state index contributed by atoms with van der Waals surface area (Å²) in [6.45, 7) is 6.80. The Morgan fingerprint density at radius 3 is 2.10 bits per heavy atom. The molecular formula is C17H26FNO. The molecule has 0 aliphatic heterocycles. The lowest BCUT2D eigenvalue weighted by molar-refractivity contribution is -0.105. The second kappa shape index (κ2) is 5.12. The maximum Gasteiger partial charge on any atom is 0.123 e. The van der Waals surface area contributed by atoms with Gasteiger partial charge in [-0.05, 0) is 55.7 Å². The zero-order valence-electron chi connectivity index (χ0n) is 12.7. The Bertz CT molecular complexity index is 454. The predicted octanol–water partition coefficient (Wildman–Crippen LogP) is 3.58. The first-order chi connectivity index (χ1) is 9.22. The molecule has 0 saturated heterocycles. The first-order valence-corrected chi connectivity index (χ1v) is 7.41. The van der Waals surface area contributed by atoms with Crippen LogP contribution in [-0.4, -0.2) is 11.7 Å². The van der Waals surface area contributed by atoms with Crippen LogP contribution in [0.2, 0.25) is 0 Å². The van der Waals surface area contributed by atoms with E-state index in [9.17, 15) is 9.50 Å². The molecule has 112 valence electrons. The van der Waals surface area contributed by atoms with Gasteiger partial charge in [-0.15, -0.1) is 0 Å². The van der Waals surface area contributed by atoms with Crippen molar-refractivity contribution in [2.24, 2.45) is 16.6 Å². The van der Waals surface area contributed by atoms with Crippen molar-refractivity contribution in [1.29, 1.82) is 0 Å². The minimum atomic E-state index is -1.02.